The lowest BCUT2D eigenvalue weighted by molar-refractivity contribution is 0.0986. The van der Waals surface area contributed by atoms with E-state index < -0.39 is 10.0 Å². The number of carbonyl (C=O) groups excluding carboxylic acids is 1. The van der Waals surface area contributed by atoms with Crippen molar-refractivity contribution in [2.24, 2.45) is 0 Å². The third-order valence-corrected chi connectivity index (χ3v) is 7.96. The molecule has 0 spiro atoms. The van der Waals surface area contributed by atoms with E-state index in [9.17, 15) is 13.2 Å². The van der Waals surface area contributed by atoms with E-state index >= 15 is 0 Å². The number of ether oxygens (including phenoxy) is 1. The third-order valence-electron chi connectivity index (χ3n) is 5.50. The topological polar surface area (TPSA) is 91.8 Å². The van der Waals surface area contributed by atoms with Gasteiger partial charge < -0.3 is 9.64 Å². The van der Waals surface area contributed by atoms with Gasteiger partial charge in [0.25, 0.3) is 15.9 Å². The monoisotopic (exact) mass is 560 g/mol. The predicted octanol–water partition coefficient (Wildman–Crippen LogP) is 5.13. The molecule has 1 amide bonds. The molecule has 0 fully saturated rings. The average Bonchev–Trinajstić information content (AvgIpc) is 3.30. The fourth-order valence-corrected chi connectivity index (χ4v) is 5.66. The molecule has 0 aliphatic heterocycles. The summed E-state index contributed by atoms with van der Waals surface area (Å²) in [6.45, 7) is 1.35. The molecular formula is C26H29ClN4O4S2. The Labute approximate surface area is 227 Å². The standard InChI is InChI=1S/C26H28N4O4S2.ClH/c1-29(2)17-6-18-30(26-27-23-7-4-5-8-24(23)35-26)25(31)19-9-11-20(12-10-19)28-36(32,33)22-15-13-21(34-3)14-16-22;/h4-5,7-16,28H,6,17-18H2,1-3H3;1H. The van der Waals surface area contributed by atoms with Crippen LogP contribution in [0.1, 0.15) is 16.8 Å². The molecule has 4 aromatic rings. The summed E-state index contributed by atoms with van der Waals surface area (Å²) < 4.78 is 34.1. The second kappa shape index (κ2) is 12.4. The molecule has 0 saturated carbocycles. The van der Waals surface area contributed by atoms with Gasteiger partial charge in [0.2, 0.25) is 0 Å². The van der Waals surface area contributed by atoms with Gasteiger partial charge in [0.05, 0.1) is 22.2 Å². The number of carbonyl (C=O) groups is 1. The molecule has 1 N–H and O–H groups in total. The van der Waals surface area contributed by atoms with Crippen molar-refractivity contribution in [3.8, 4) is 5.75 Å². The number of hydrogen-bond acceptors (Lipinski definition) is 7. The summed E-state index contributed by atoms with van der Waals surface area (Å²) in [7, 11) is 1.73. The fraction of sp³-hybridized carbons (Fsp3) is 0.231. The van der Waals surface area contributed by atoms with E-state index in [1.165, 1.54) is 30.6 Å². The van der Waals surface area contributed by atoms with Crippen molar-refractivity contribution < 1.29 is 17.9 Å². The minimum atomic E-state index is -3.78. The second-order valence-corrected chi connectivity index (χ2v) is 11.1. The molecule has 0 aliphatic rings. The van der Waals surface area contributed by atoms with Crippen LogP contribution in [0.2, 0.25) is 0 Å². The molecule has 11 heteroatoms. The minimum absolute atomic E-state index is 0. The van der Waals surface area contributed by atoms with Crippen molar-refractivity contribution in [3.05, 3.63) is 78.4 Å². The quantitative estimate of drug-likeness (QED) is 0.289. The Bertz CT molecular complexity index is 1410. The lowest BCUT2D eigenvalue weighted by Gasteiger charge is -2.21. The number of halogens is 1. The number of hydrogen-bond donors (Lipinski definition) is 1. The number of aromatic nitrogens is 1. The number of fused-ring (bicyclic) bond motifs is 1. The van der Waals surface area contributed by atoms with E-state index in [1.807, 2.05) is 38.4 Å². The molecule has 0 unspecified atom stereocenters. The molecule has 196 valence electrons. The van der Waals surface area contributed by atoms with Crippen LogP contribution in [0.15, 0.2) is 77.7 Å². The van der Waals surface area contributed by atoms with Crippen LogP contribution in [0.5, 0.6) is 5.75 Å². The number of methoxy groups -OCH3 is 1. The van der Waals surface area contributed by atoms with Gasteiger partial charge in [0.1, 0.15) is 5.75 Å². The maximum absolute atomic E-state index is 13.5. The van der Waals surface area contributed by atoms with Crippen molar-refractivity contribution in [2.45, 2.75) is 11.3 Å². The van der Waals surface area contributed by atoms with Crippen molar-refractivity contribution in [2.75, 3.05) is 43.9 Å². The van der Waals surface area contributed by atoms with Crippen molar-refractivity contribution in [1.82, 2.24) is 9.88 Å². The van der Waals surface area contributed by atoms with E-state index in [2.05, 4.69) is 14.6 Å². The number of thiazole rings is 1. The molecule has 8 nitrogen and oxygen atoms in total. The summed E-state index contributed by atoms with van der Waals surface area (Å²) in [4.78, 5) is 22.1. The van der Waals surface area contributed by atoms with Gasteiger partial charge in [-0.1, -0.05) is 23.5 Å². The van der Waals surface area contributed by atoms with Crippen LogP contribution < -0.4 is 14.4 Å². The lowest BCUT2D eigenvalue weighted by Crippen LogP contribution is -2.33. The van der Waals surface area contributed by atoms with E-state index in [4.69, 9.17) is 4.74 Å². The summed E-state index contributed by atoms with van der Waals surface area (Å²) in [6, 6.07) is 20.3. The number of sulfonamides is 1. The number of benzene rings is 3. The van der Waals surface area contributed by atoms with Gasteiger partial charge in [-0.2, -0.15) is 0 Å². The summed E-state index contributed by atoms with van der Waals surface area (Å²) in [5.74, 6) is 0.387. The van der Waals surface area contributed by atoms with Gasteiger partial charge >= 0.3 is 0 Å². The summed E-state index contributed by atoms with van der Waals surface area (Å²) >= 11 is 1.48. The van der Waals surface area contributed by atoms with Crippen LogP contribution in [0, 0.1) is 0 Å². The van der Waals surface area contributed by atoms with Gasteiger partial charge in [-0.15, -0.1) is 12.4 Å². The van der Waals surface area contributed by atoms with Crippen molar-refractivity contribution >= 4 is 60.7 Å². The largest absolute Gasteiger partial charge is 0.497 e. The number of nitrogens with zero attached hydrogens (tertiary/aromatic N) is 3. The number of rotatable bonds is 10. The van der Waals surface area contributed by atoms with Gasteiger partial charge in [0, 0.05) is 17.8 Å². The first-order chi connectivity index (χ1) is 17.3. The van der Waals surface area contributed by atoms with Crippen LogP contribution in [0.3, 0.4) is 0 Å². The summed E-state index contributed by atoms with van der Waals surface area (Å²) in [6.07, 6.45) is 0.786. The van der Waals surface area contributed by atoms with Gasteiger partial charge in [-0.05, 0) is 87.7 Å². The van der Waals surface area contributed by atoms with Crippen molar-refractivity contribution in [1.29, 1.82) is 0 Å². The first kappa shape index (κ1) is 28.4. The molecule has 0 bridgehead atoms. The molecule has 1 heterocycles. The molecular weight excluding hydrogens is 532 g/mol. The number of nitrogens with one attached hydrogen (secondary N) is 1. The Morgan fingerprint density at radius 3 is 2.27 bits per heavy atom. The zero-order valence-electron chi connectivity index (χ0n) is 20.7. The first-order valence-electron chi connectivity index (χ1n) is 11.4. The highest BCUT2D eigenvalue weighted by atomic mass is 35.5. The maximum atomic E-state index is 13.5. The van der Waals surface area contributed by atoms with Crippen LogP contribution in [0.25, 0.3) is 10.2 Å². The van der Waals surface area contributed by atoms with Gasteiger partial charge in [0.15, 0.2) is 5.13 Å². The Balaban J connectivity index is 0.00000380. The van der Waals surface area contributed by atoms with E-state index in [-0.39, 0.29) is 23.2 Å². The molecule has 0 saturated heterocycles. The molecule has 4 rings (SSSR count). The van der Waals surface area contributed by atoms with Crippen LogP contribution >= 0.6 is 23.7 Å². The molecule has 0 aliphatic carbocycles. The average molecular weight is 561 g/mol. The van der Waals surface area contributed by atoms with Crippen LogP contribution in [-0.2, 0) is 10.0 Å². The predicted molar refractivity (Wildman–Crippen MR) is 152 cm³/mol. The zero-order chi connectivity index (χ0) is 25.7. The third kappa shape index (κ3) is 6.98. The number of anilines is 2. The van der Waals surface area contributed by atoms with Crippen molar-refractivity contribution in [3.63, 3.8) is 0 Å². The Kier molecular flexibility index (Phi) is 9.50. The molecule has 0 atom stereocenters. The zero-order valence-corrected chi connectivity index (χ0v) is 23.2. The normalized spacial score (nSPS) is 11.2. The van der Waals surface area contributed by atoms with Gasteiger partial charge in [-0.25, -0.2) is 13.4 Å². The molecule has 3 aromatic carbocycles. The van der Waals surface area contributed by atoms with E-state index in [1.54, 1.807) is 41.3 Å². The lowest BCUT2D eigenvalue weighted by atomic mass is 10.2. The SMILES string of the molecule is COc1ccc(S(=O)(=O)Nc2ccc(C(=O)N(CCCN(C)C)c3nc4ccccc4s3)cc2)cc1.Cl. The summed E-state index contributed by atoms with van der Waals surface area (Å²) in [5, 5.41) is 0.643. The maximum Gasteiger partial charge on any atom is 0.261 e. The Morgan fingerprint density at radius 1 is 0.973 bits per heavy atom. The highest BCUT2D eigenvalue weighted by molar-refractivity contribution is 7.92. The highest BCUT2D eigenvalue weighted by Gasteiger charge is 2.22. The second-order valence-electron chi connectivity index (χ2n) is 8.44. The number of para-hydroxylation sites is 1. The molecule has 1 aromatic heterocycles. The Hall–Kier alpha value is -3.18. The minimum Gasteiger partial charge on any atom is -0.497 e. The number of amides is 1. The fourth-order valence-electron chi connectivity index (χ4n) is 3.61. The Morgan fingerprint density at radius 2 is 1.65 bits per heavy atom. The van der Waals surface area contributed by atoms with Crippen LogP contribution in [-0.4, -0.2) is 58.5 Å². The van der Waals surface area contributed by atoms with Crippen LogP contribution in [0.4, 0.5) is 10.8 Å². The van der Waals surface area contributed by atoms with E-state index in [0.717, 1.165) is 23.2 Å². The van der Waals surface area contributed by atoms with Gasteiger partial charge in [-0.3, -0.25) is 14.4 Å². The molecule has 37 heavy (non-hydrogen) atoms. The molecule has 0 radical (unpaired) electrons. The highest BCUT2D eigenvalue weighted by Crippen LogP contribution is 2.30. The van der Waals surface area contributed by atoms with E-state index in [0.29, 0.717) is 28.7 Å². The summed E-state index contributed by atoms with van der Waals surface area (Å²) in [5.41, 5.74) is 1.67. The smallest absolute Gasteiger partial charge is 0.261 e. The first-order valence-corrected chi connectivity index (χ1v) is 13.7.